The lowest BCUT2D eigenvalue weighted by molar-refractivity contribution is -0.136. The molecule has 0 radical (unpaired) electrons. The molecule has 2 atom stereocenters. The standard InChI is InChI=1S/C36H41FN4O8/c1-6-10-26-15-24(17-30(47-8-3)34(26)49-20-23-11-9-12-27(37)16-23)19-38-41-31(42)21-48-28-14-13-25(18-29(28)46-7-2)33-32(35(43)45-5)22(4)39-36(44)40-33/h6,9,11-19,31,33,41-42H,1,7-8,10,20-21H2,2-5H3,(H2,39,40,44)/b38-19-/t31-,33-/m1/s1. The van der Waals surface area contributed by atoms with E-state index in [1.54, 1.807) is 56.3 Å². The van der Waals surface area contributed by atoms with E-state index in [9.17, 15) is 19.1 Å². The first-order valence-electron chi connectivity index (χ1n) is 15.7. The summed E-state index contributed by atoms with van der Waals surface area (Å²) < 4.78 is 42.1. The smallest absolute Gasteiger partial charge is 0.337 e. The average Bonchev–Trinajstić information content (AvgIpc) is 3.07. The normalized spacial score (nSPS) is 14.8. The number of hydrogen-bond donors (Lipinski definition) is 4. The van der Waals surface area contributed by atoms with Crippen LogP contribution in [0.15, 0.2) is 83.6 Å². The van der Waals surface area contributed by atoms with Crippen LogP contribution in [0.3, 0.4) is 0 Å². The maximum Gasteiger partial charge on any atom is 0.337 e. The molecule has 13 heteroatoms. The van der Waals surface area contributed by atoms with Crippen LogP contribution >= 0.6 is 0 Å². The van der Waals surface area contributed by atoms with E-state index in [1.165, 1.54) is 25.5 Å². The molecule has 0 spiro atoms. The predicted molar refractivity (Wildman–Crippen MR) is 181 cm³/mol. The van der Waals surface area contributed by atoms with Gasteiger partial charge < -0.3 is 39.4 Å². The van der Waals surface area contributed by atoms with Crippen LogP contribution in [0.2, 0.25) is 0 Å². The summed E-state index contributed by atoms with van der Waals surface area (Å²) in [5.74, 6) is 0.770. The fourth-order valence-electron chi connectivity index (χ4n) is 5.09. The first-order chi connectivity index (χ1) is 23.7. The first kappa shape index (κ1) is 36.3. The molecule has 4 rings (SSSR count). The molecule has 3 aromatic rings. The van der Waals surface area contributed by atoms with E-state index < -0.39 is 24.3 Å². The molecule has 0 saturated carbocycles. The van der Waals surface area contributed by atoms with Gasteiger partial charge in [0.2, 0.25) is 0 Å². The van der Waals surface area contributed by atoms with Crippen LogP contribution in [0.1, 0.15) is 49.1 Å². The predicted octanol–water partition coefficient (Wildman–Crippen LogP) is 5.05. The van der Waals surface area contributed by atoms with E-state index in [0.717, 1.165) is 5.56 Å². The van der Waals surface area contributed by atoms with Crippen LogP contribution in [0.4, 0.5) is 9.18 Å². The van der Waals surface area contributed by atoms with Crippen molar-refractivity contribution in [2.75, 3.05) is 26.9 Å². The number of ether oxygens (including phenoxy) is 5. The Bertz CT molecular complexity index is 1710. The quantitative estimate of drug-likeness (QED) is 0.0507. The van der Waals surface area contributed by atoms with Crippen LogP contribution in [0, 0.1) is 5.82 Å². The number of hydrazone groups is 1. The summed E-state index contributed by atoms with van der Waals surface area (Å²) in [6.45, 7) is 9.78. The lowest BCUT2D eigenvalue weighted by atomic mass is 9.95. The van der Waals surface area contributed by atoms with Gasteiger partial charge in [-0.05, 0) is 80.3 Å². The van der Waals surface area contributed by atoms with Gasteiger partial charge in [0.05, 0.1) is 38.2 Å². The van der Waals surface area contributed by atoms with E-state index in [0.29, 0.717) is 65.0 Å². The molecule has 260 valence electrons. The van der Waals surface area contributed by atoms with Gasteiger partial charge in [0.15, 0.2) is 29.2 Å². The highest BCUT2D eigenvalue weighted by atomic mass is 19.1. The Morgan fingerprint density at radius 1 is 1.06 bits per heavy atom. The Morgan fingerprint density at radius 3 is 2.55 bits per heavy atom. The Labute approximate surface area is 284 Å². The molecule has 0 bridgehead atoms. The van der Waals surface area contributed by atoms with E-state index >= 15 is 0 Å². The number of carbonyl (C=O) groups excluding carboxylic acids is 2. The number of nitrogens with one attached hydrogen (secondary N) is 3. The van der Waals surface area contributed by atoms with Crippen molar-refractivity contribution in [1.29, 1.82) is 0 Å². The van der Waals surface area contributed by atoms with Gasteiger partial charge in [-0.15, -0.1) is 6.58 Å². The Hall–Kier alpha value is -5.56. The number of halogens is 1. The number of benzene rings is 3. The van der Waals surface area contributed by atoms with Crippen LogP contribution < -0.4 is 35.0 Å². The molecule has 0 aromatic heterocycles. The number of urea groups is 1. The van der Waals surface area contributed by atoms with Gasteiger partial charge in [0.25, 0.3) is 0 Å². The number of hydrogen-bond acceptors (Lipinski definition) is 10. The number of rotatable bonds is 17. The molecule has 1 aliphatic heterocycles. The second-order valence-electron chi connectivity index (χ2n) is 10.8. The number of aliphatic hydroxyl groups is 1. The second kappa shape index (κ2) is 17.6. The SMILES string of the molecule is C=CCc1cc(/C=N\N[C@H](O)COc2ccc([C@H]3NC(=O)NC(C)=C3C(=O)OC)cc2OCC)cc(OCC)c1OCc1cccc(F)c1. The summed E-state index contributed by atoms with van der Waals surface area (Å²) in [7, 11) is 1.27. The second-order valence-corrected chi connectivity index (χ2v) is 10.8. The molecule has 49 heavy (non-hydrogen) atoms. The minimum atomic E-state index is -1.20. The van der Waals surface area contributed by atoms with Gasteiger partial charge in [-0.3, -0.25) is 5.43 Å². The van der Waals surface area contributed by atoms with Crippen molar-refractivity contribution >= 4 is 18.2 Å². The molecule has 0 aliphatic carbocycles. The highest BCUT2D eigenvalue weighted by Gasteiger charge is 2.32. The average molecular weight is 677 g/mol. The maximum atomic E-state index is 13.7. The lowest BCUT2D eigenvalue weighted by Crippen LogP contribution is -2.45. The number of esters is 1. The third-order valence-electron chi connectivity index (χ3n) is 7.20. The Morgan fingerprint density at radius 2 is 1.84 bits per heavy atom. The number of nitrogens with zero attached hydrogens (tertiary/aromatic N) is 1. The summed E-state index contributed by atoms with van der Waals surface area (Å²) in [5.41, 5.74) is 5.99. The van der Waals surface area contributed by atoms with Crippen LogP contribution in [0.25, 0.3) is 0 Å². The summed E-state index contributed by atoms with van der Waals surface area (Å²) in [5, 5.41) is 20.1. The fourth-order valence-corrected chi connectivity index (χ4v) is 5.09. The molecular weight excluding hydrogens is 635 g/mol. The number of amides is 2. The molecule has 0 unspecified atom stereocenters. The summed E-state index contributed by atoms with van der Waals surface area (Å²) in [6, 6.07) is 13.6. The molecule has 4 N–H and O–H groups in total. The molecule has 2 amide bonds. The van der Waals surface area contributed by atoms with Crippen LogP contribution in [0.5, 0.6) is 23.0 Å². The van der Waals surface area contributed by atoms with Crippen molar-refractivity contribution in [3.63, 3.8) is 0 Å². The zero-order chi connectivity index (χ0) is 35.3. The molecule has 0 fully saturated rings. The van der Waals surface area contributed by atoms with Crippen molar-refractivity contribution in [2.24, 2.45) is 5.10 Å². The maximum absolute atomic E-state index is 13.7. The van der Waals surface area contributed by atoms with E-state index in [4.69, 9.17) is 23.7 Å². The van der Waals surface area contributed by atoms with Crippen molar-refractivity contribution < 1.29 is 42.8 Å². The van der Waals surface area contributed by atoms with E-state index in [-0.39, 0.29) is 24.6 Å². The molecular formula is C36H41FN4O8. The van der Waals surface area contributed by atoms with Crippen molar-refractivity contribution in [3.05, 3.63) is 107 Å². The Kier molecular flexibility index (Phi) is 13.0. The monoisotopic (exact) mass is 676 g/mol. The van der Waals surface area contributed by atoms with Crippen molar-refractivity contribution in [1.82, 2.24) is 16.1 Å². The van der Waals surface area contributed by atoms with E-state index in [2.05, 4.69) is 27.7 Å². The highest BCUT2D eigenvalue weighted by Crippen LogP contribution is 2.36. The number of aliphatic hydroxyl groups excluding tert-OH is 1. The zero-order valence-electron chi connectivity index (χ0n) is 27.9. The molecule has 12 nitrogen and oxygen atoms in total. The third kappa shape index (κ3) is 9.73. The molecule has 1 heterocycles. The van der Waals surface area contributed by atoms with Gasteiger partial charge in [0, 0.05) is 11.3 Å². The van der Waals surface area contributed by atoms with Crippen LogP contribution in [-0.2, 0) is 22.6 Å². The van der Waals surface area contributed by atoms with Crippen molar-refractivity contribution in [3.8, 4) is 23.0 Å². The third-order valence-corrected chi connectivity index (χ3v) is 7.20. The number of methoxy groups -OCH3 is 1. The van der Waals surface area contributed by atoms with Gasteiger partial charge in [0.1, 0.15) is 19.0 Å². The molecule has 0 saturated heterocycles. The largest absolute Gasteiger partial charge is 0.490 e. The highest BCUT2D eigenvalue weighted by molar-refractivity contribution is 5.95. The molecule has 1 aliphatic rings. The Balaban J connectivity index is 1.44. The zero-order valence-corrected chi connectivity index (χ0v) is 27.9. The summed E-state index contributed by atoms with van der Waals surface area (Å²) in [6.07, 6.45) is 2.55. The van der Waals surface area contributed by atoms with Crippen LogP contribution in [-0.4, -0.2) is 56.5 Å². The minimum Gasteiger partial charge on any atom is -0.490 e. The van der Waals surface area contributed by atoms with Crippen molar-refractivity contribution in [2.45, 2.75) is 46.1 Å². The fraction of sp³-hybridized carbons (Fsp3) is 0.306. The number of carbonyl (C=O) groups is 2. The minimum absolute atomic E-state index is 0.150. The lowest BCUT2D eigenvalue weighted by Gasteiger charge is -2.28. The topological polar surface area (TPSA) is 149 Å². The number of allylic oxidation sites excluding steroid dienone is 2. The summed E-state index contributed by atoms with van der Waals surface area (Å²) >= 11 is 0. The first-order valence-corrected chi connectivity index (χ1v) is 15.7. The summed E-state index contributed by atoms with van der Waals surface area (Å²) in [4.78, 5) is 24.7. The van der Waals surface area contributed by atoms with E-state index in [1.807, 2.05) is 13.0 Å². The van der Waals surface area contributed by atoms with Gasteiger partial charge >= 0.3 is 12.0 Å². The van der Waals surface area contributed by atoms with Gasteiger partial charge in [-0.1, -0.05) is 24.3 Å². The van der Waals surface area contributed by atoms with Gasteiger partial charge in [-0.2, -0.15) is 5.10 Å². The van der Waals surface area contributed by atoms with Gasteiger partial charge in [-0.25, -0.2) is 14.0 Å². The molecule has 3 aromatic carbocycles.